The molecule has 0 aliphatic heterocycles. The topological polar surface area (TPSA) is 95.1 Å². The average Bonchev–Trinajstić information content (AvgIpc) is 2.27. The Morgan fingerprint density at radius 1 is 1.67 bits per heavy atom. The van der Waals surface area contributed by atoms with Crippen LogP contribution in [0.1, 0.15) is 12.5 Å². The van der Waals surface area contributed by atoms with Gasteiger partial charge in [-0.2, -0.15) is 5.26 Å². The van der Waals surface area contributed by atoms with Crippen LogP contribution in [0, 0.1) is 21.4 Å². The highest BCUT2D eigenvalue weighted by Crippen LogP contribution is 2.18. The summed E-state index contributed by atoms with van der Waals surface area (Å²) in [6.07, 6.45) is 1.14. The lowest BCUT2D eigenvalue weighted by Gasteiger charge is -2.19. The first-order valence-electron chi connectivity index (χ1n) is 5.40. The van der Waals surface area contributed by atoms with Gasteiger partial charge in [-0.1, -0.05) is 0 Å². The van der Waals surface area contributed by atoms with Crippen LogP contribution in [-0.4, -0.2) is 41.5 Å². The smallest absolute Gasteiger partial charge is 0.289 e. The SMILES string of the molecule is CC(CN(C)C)Nc1ncc([N+](=O)[O-])cc1C#N. The van der Waals surface area contributed by atoms with Crippen molar-refractivity contribution in [3.63, 3.8) is 0 Å². The number of rotatable bonds is 5. The molecule has 7 nitrogen and oxygen atoms in total. The van der Waals surface area contributed by atoms with Crippen LogP contribution in [0.4, 0.5) is 11.5 Å². The summed E-state index contributed by atoms with van der Waals surface area (Å²) >= 11 is 0. The second-order valence-corrected chi connectivity index (χ2v) is 4.27. The van der Waals surface area contributed by atoms with E-state index in [1.165, 1.54) is 6.07 Å². The zero-order valence-electron chi connectivity index (χ0n) is 10.5. The number of hydrogen-bond donors (Lipinski definition) is 1. The summed E-state index contributed by atoms with van der Waals surface area (Å²) < 4.78 is 0. The standard InChI is InChI=1S/C11H15N5O2/c1-8(7-15(2)3)14-11-9(5-12)4-10(6-13-11)16(17)18/h4,6,8H,7H2,1-3H3,(H,13,14). The maximum atomic E-state index is 10.6. The van der Waals surface area contributed by atoms with Crippen molar-refractivity contribution in [1.82, 2.24) is 9.88 Å². The fraction of sp³-hybridized carbons (Fsp3) is 0.455. The summed E-state index contributed by atoms with van der Waals surface area (Å²) in [5.41, 5.74) is -0.00725. The summed E-state index contributed by atoms with van der Waals surface area (Å²) in [5, 5.41) is 22.6. The zero-order chi connectivity index (χ0) is 13.7. The lowest BCUT2D eigenvalue weighted by atomic mass is 10.2. The Bertz CT molecular complexity index is 481. The number of pyridine rings is 1. The van der Waals surface area contributed by atoms with Crippen LogP contribution >= 0.6 is 0 Å². The number of anilines is 1. The van der Waals surface area contributed by atoms with E-state index in [4.69, 9.17) is 5.26 Å². The molecule has 96 valence electrons. The van der Waals surface area contributed by atoms with E-state index in [0.29, 0.717) is 5.82 Å². The monoisotopic (exact) mass is 249 g/mol. The molecule has 1 aromatic rings. The highest BCUT2D eigenvalue weighted by atomic mass is 16.6. The molecule has 0 amide bonds. The second-order valence-electron chi connectivity index (χ2n) is 4.27. The van der Waals surface area contributed by atoms with Crippen molar-refractivity contribution in [3.05, 3.63) is 27.9 Å². The first kappa shape index (κ1) is 13.9. The van der Waals surface area contributed by atoms with Gasteiger partial charge in [-0.25, -0.2) is 4.98 Å². The molecular weight excluding hydrogens is 234 g/mol. The van der Waals surface area contributed by atoms with Crippen LogP contribution in [-0.2, 0) is 0 Å². The third kappa shape index (κ3) is 3.68. The van der Waals surface area contributed by atoms with Crippen molar-refractivity contribution < 1.29 is 4.92 Å². The van der Waals surface area contributed by atoms with Crippen LogP contribution in [0.15, 0.2) is 12.3 Å². The minimum Gasteiger partial charge on any atom is -0.365 e. The van der Waals surface area contributed by atoms with Gasteiger partial charge in [0, 0.05) is 18.7 Å². The fourth-order valence-electron chi connectivity index (χ4n) is 1.58. The van der Waals surface area contributed by atoms with Gasteiger partial charge in [-0.05, 0) is 21.0 Å². The number of likely N-dealkylation sites (N-methyl/N-ethyl adjacent to an activating group) is 1. The number of nitriles is 1. The summed E-state index contributed by atoms with van der Waals surface area (Å²) in [4.78, 5) is 15.9. The molecule has 0 bridgehead atoms. The summed E-state index contributed by atoms with van der Waals surface area (Å²) in [6, 6.07) is 3.21. The minimum absolute atomic E-state index is 0.0843. The van der Waals surface area contributed by atoms with Gasteiger partial charge in [0.1, 0.15) is 23.6 Å². The van der Waals surface area contributed by atoms with Crippen molar-refractivity contribution in [1.29, 1.82) is 5.26 Å². The van der Waals surface area contributed by atoms with Gasteiger partial charge in [0.25, 0.3) is 5.69 Å². The third-order valence-electron chi connectivity index (χ3n) is 2.23. The first-order valence-corrected chi connectivity index (χ1v) is 5.40. The molecule has 1 aromatic heterocycles. The van der Waals surface area contributed by atoms with E-state index >= 15 is 0 Å². The maximum absolute atomic E-state index is 10.6. The number of nitrogens with zero attached hydrogens (tertiary/aromatic N) is 4. The molecule has 1 N–H and O–H groups in total. The Morgan fingerprint density at radius 2 is 2.33 bits per heavy atom. The zero-order valence-corrected chi connectivity index (χ0v) is 10.5. The molecule has 0 aliphatic carbocycles. The highest BCUT2D eigenvalue weighted by molar-refractivity contribution is 5.55. The highest BCUT2D eigenvalue weighted by Gasteiger charge is 2.13. The Labute approximate surface area is 105 Å². The number of aromatic nitrogens is 1. The Balaban J connectivity index is 2.90. The van der Waals surface area contributed by atoms with Gasteiger partial charge in [-0.3, -0.25) is 10.1 Å². The molecule has 1 heterocycles. The van der Waals surface area contributed by atoms with Crippen molar-refractivity contribution >= 4 is 11.5 Å². The molecule has 0 fully saturated rings. The van der Waals surface area contributed by atoms with Gasteiger partial charge in [0.05, 0.1) is 4.92 Å². The predicted octanol–water partition coefficient (Wildman–Crippen LogP) is 1.22. The van der Waals surface area contributed by atoms with Crippen molar-refractivity contribution in [2.45, 2.75) is 13.0 Å². The second kappa shape index (κ2) is 5.93. The third-order valence-corrected chi connectivity index (χ3v) is 2.23. The molecule has 0 aromatic carbocycles. The van der Waals surface area contributed by atoms with Gasteiger partial charge >= 0.3 is 0 Å². The van der Waals surface area contributed by atoms with E-state index in [-0.39, 0.29) is 17.3 Å². The molecule has 18 heavy (non-hydrogen) atoms. The van der Waals surface area contributed by atoms with Gasteiger partial charge in [-0.15, -0.1) is 0 Å². The molecule has 7 heteroatoms. The largest absolute Gasteiger partial charge is 0.365 e. The minimum atomic E-state index is -0.569. The maximum Gasteiger partial charge on any atom is 0.289 e. The van der Waals surface area contributed by atoms with E-state index in [2.05, 4.69) is 10.3 Å². The van der Waals surface area contributed by atoms with Crippen LogP contribution in [0.25, 0.3) is 0 Å². The molecule has 1 unspecified atom stereocenters. The Kier molecular flexibility index (Phi) is 4.57. The lowest BCUT2D eigenvalue weighted by molar-refractivity contribution is -0.385. The summed E-state index contributed by atoms with van der Waals surface area (Å²) in [7, 11) is 3.87. The van der Waals surface area contributed by atoms with Crippen molar-refractivity contribution in [3.8, 4) is 6.07 Å². The molecule has 0 aliphatic rings. The van der Waals surface area contributed by atoms with Crippen LogP contribution in [0.2, 0.25) is 0 Å². The average molecular weight is 249 g/mol. The van der Waals surface area contributed by atoms with E-state index in [9.17, 15) is 10.1 Å². The molecule has 1 atom stereocenters. The Morgan fingerprint density at radius 3 is 2.83 bits per heavy atom. The van der Waals surface area contributed by atoms with Crippen LogP contribution < -0.4 is 5.32 Å². The predicted molar refractivity (Wildman–Crippen MR) is 67.2 cm³/mol. The van der Waals surface area contributed by atoms with E-state index in [1.54, 1.807) is 0 Å². The number of hydrogen-bond acceptors (Lipinski definition) is 6. The van der Waals surface area contributed by atoms with Crippen molar-refractivity contribution in [2.75, 3.05) is 26.0 Å². The number of nitro groups is 1. The molecule has 0 spiro atoms. The van der Waals surface area contributed by atoms with Gasteiger partial charge < -0.3 is 10.2 Å². The van der Waals surface area contributed by atoms with E-state index in [1.807, 2.05) is 32.0 Å². The molecule has 0 saturated carbocycles. The van der Waals surface area contributed by atoms with Gasteiger partial charge in [0.2, 0.25) is 0 Å². The van der Waals surface area contributed by atoms with E-state index < -0.39 is 4.92 Å². The molecule has 0 saturated heterocycles. The van der Waals surface area contributed by atoms with Crippen molar-refractivity contribution in [2.24, 2.45) is 0 Å². The van der Waals surface area contributed by atoms with Crippen LogP contribution in [0.3, 0.4) is 0 Å². The number of nitrogens with one attached hydrogen (secondary N) is 1. The summed E-state index contributed by atoms with van der Waals surface area (Å²) in [6.45, 7) is 2.72. The van der Waals surface area contributed by atoms with Gasteiger partial charge in [0.15, 0.2) is 0 Å². The summed E-state index contributed by atoms with van der Waals surface area (Å²) in [5.74, 6) is 0.373. The quantitative estimate of drug-likeness (QED) is 0.622. The fourth-order valence-corrected chi connectivity index (χ4v) is 1.58. The lowest BCUT2D eigenvalue weighted by Crippen LogP contribution is -2.30. The molecule has 1 rings (SSSR count). The molecule has 0 radical (unpaired) electrons. The Hall–Kier alpha value is -2.20. The first-order chi connectivity index (χ1) is 8.43. The normalized spacial score (nSPS) is 11.9. The van der Waals surface area contributed by atoms with E-state index in [0.717, 1.165) is 12.7 Å². The van der Waals surface area contributed by atoms with Crippen LogP contribution in [0.5, 0.6) is 0 Å². The molecular formula is C11H15N5O2.